The second kappa shape index (κ2) is 7.09. The summed E-state index contributed by atoms with van der Waals surface area (Å²) in [5, 5.41) is 17.3. The third-order valence-corrected chi connectivity index (χ3v) is 5.03. The fourth-order valence-electron chi connectivity index (χ4n) is 2.86. The Kier molecular flexibility index (Phi) is 4.51. The van der Waals surface area contributed by atoms with Gasteiger partial charge in [0.1, 0.15) is 18.1 Å². The minimum absolute atomic E-state index is 0.130. The van der Waals surface area contributed by atoms with E-state index in [2.05, 4.69) is 34.3 Å². The van der Waals surface area contributed by atoms with Crippen molar-refractivity contribution in [2.45, 2.75) is 19.4 Å². The summed E-state index contributed by atoms with van der Waals surface area (Å²) in [7, 11) is 0. The van der Waals surface area contributed by atoms with Crippen LogP contribution in [0.3, 0.4) is 0 Å². The zero-order valence-corrected chi connectivity index (χ0v) is 14.4. The van der Waals surface area contributed by atoms with Crippen LogP contribution in [0.25, 0.3) is 10.6 Å². The van der Waals surface area contributed by atoms with E-state index in [-0.39, 0.29) is 6.61 Å². The molecule has 0 atom stereocenters. The lowest BCUT2D eigenvalue weighted by molar-refractivity contribution is 0.288. The molecule has 126 valence electrons. The second-order valence-corrected chi connectivity index (χ2v) is 6.90. The lowest BCUT2D eigenvalue weighted by Crippen LogP contribution is -2.09. The van der Waals surface area contributed by atoms with E-state index in [1.807, 2.05) is 29.1 Å². The molecule has 0 saturated heterocycles. The summed E-state index contributed by atoms with van der Waals surface area (Å²) in [6.45, 7) is 1.36. The van der Waals surface area contributed by atoms with Gasteiger partial charge in [-0.2, -0.15) is 0 Å². The fraction of sp³-hybridized carbons (Fsp3) is 0.263. The highest BCUT2D eigenvalue weighted by Crippen LogP contribution is 2.27. The number of nitrogens with zero attached hydrogens (tertiary/aromatic N) is 3. The van der Waals surface area contributed by atoms with Crippen LogP contribution in [0.15, 0.2) is 36.5 Å². The zero-order valence-electron chi connectivity index (χ0n) is 13.6. The van der Waals surface area contributed by atoms with E-state index in [1.165, 1.54) is 11.1 Å². The lowest BCUT2D eigenvalue weighted by atomic mass is 10.0. The summed E-state index contributed by atoms with van der Waals surface area (Å²) in [6, 6.07) is 10.2. The number of hydrogen-bond acceptors (Lipinski definition) is 5. The van der Waals surface area contributed by atoms with Crippen molar-refractivity contribution in [2.75, 3.05) is 13.2 Å². The van der Waals surface area contributed by atoms with Crippen LogP contribution < -0.4 is 4.74 Å². The molecule has 1 N–H and O–H groups in total. The van der Waals surface area contributed by atoms with Crippen molar-refractivity contribution in [3.05, 3.63) is 52.5 Å². The summed E-state index contributed by atoms with van der Waals surface area (Å²) in [4.78, 5) is 1.93. The number of hydrogen-bond donors (Lipinski definition) is 1. The molecule has 0 spiro atoms. The van der Waals surface area contributed by atoms with Gasteiger partial charge in [-0.1, -0.05) is 29.2 Å². The van der Waals surface area contributed by atoms with Gasteiger partial charge in [0.05, 0.1) is 29.1 Å². The molecule has 0 aliphatic carbocycles. The summed E-state index contributed by atoms with van der Waals surface area (Å²) in [5.41, 5.74) is 3.30. The Morgan fingerprint density at radius 2 is 2.24 bits per heavy atom. The molecule has 3 heterocycles. The molecule has 1 aromatic carbocycles. The summed E-state index contributed by atoms with van der Waals surface area (Å²) in [5.74, 6) is 6.57. The number of aliphatic hydroxyl groups is 1. The molecule has 1 aliphatic heterocycles. The largest absolute Gasteiger partial charge is 0.493 e. The summed E-state index contributed by atoms with van der Waals surface area (Å²) < 4.78 is 7.51. The smallest absolute Gasteiger partial charge is 0.123 e. The normalized spacial score (nSPS) is 12.8. The molecule has 2 aromatic heterocycles. The van der Waals surface area contributed by atoms with E-state index < -0.39 is 0 Å². The van der Waals surface area contributed by atoms with Crippen molar-refractivity contribution in [1.82, 2.24) is 15.0 Å². The first-order valence-electron chi connectivity index (χ1n) is 8.16. The highest BCUT2D eigenvalue weighted by atomic mass is 32.1. The Bertz CT molecular complexity index is 949. The van der Waals surface area contributed by atoms with Gasteiger partial charge in [-0.25, -0.2) is 4.68 Å². The maximum Gasteiger partial charge on any atom is 0.123 e. The molecule has 0 amide bonds. The molecular weight excluding hydrogens is 334 g/mol. The maximum absolute atomic E-state index is 8.77. The maximum atomic E-state index is 8.77. The summed E-state index contributed by atoms with van der Waals surface area (Å²) in [6.07, 6.45) is 4.09. The Balaban J connectivity index is 1.50. The Hall–Kier alpha value is -2.62. The first-order valence-corrected chi connectivity index (χ1v) is 8.98. The molecule has 6 heteroatoms. The number of ether oxygens (including phenoxy) is 1. The SMILES string of the molecule is OCC#Cc1ccc(-c2cn(Cc3ccc4c(c3)CCCO4)nn2)s1. The number of rotatable bonds is 3. The van der Waals surface area contributed by atoms with Gasteiger partial charge in [-0.15, -0.1) is 16.4 Å². The Labute approximate surface area is 149 Å². The topological polar surface area (TPSA) is 60.2 Å². The van der Waals surface area contributed by atoms with Gasteiger partial charge in [0.25, 0.3) is 0 Å². The van der Waals surface area contributed by atoms with E-state index in [1.54, 1.807) is 11.3 Å². The van der Waals surface area contributed by atoms with E-state index in [9.17, 15) is 0 Å². The number of thiophene rings is 1. The van der Waals surface area contributed by atoms with Crippen LogP contribution in [0, 0.1) is 11.8 Å². The molecule has 0 saturated carbocycles. The highest BCUT2D eigenvalue weighted by Gasteiger charge is 2.12. The molecule has 0 radical (unpaired) electrons. The van der Waals surface area contributed by atoms with E-state index >= 15 is 0 Å². The first kappa shape index (κ1) is 15.9. The van der Waals surface area contributed by atoms with Crippen molar-refractivity contribution < 1.29 is 9.84 Å². The molecule has 0 unspecified atom stereocenters. The molecule has 3 aromatic rings. The van der Waals surface area contributed by atoms with Crippen LogP contribution in [0.2, 0.25) is 0 Å². The van der Waals surface area contributed by atoms with Crippen molar-refractivity contribution in [1.29, 1.82) is 0 Å². The number of fused-ring (bicyclic) bond motifs is 1. The minimum atomic E-state index is -0.130. The van der Waals surface area contributed by atoms with Crippen molar-refractivity contribution >= 4 is 11.3 Å². The first-order chi connectivity index (χ1) is 12.3. The molecule has 5 nitrogen and oxygen atoms in total. The minimum Gasteiger partial charge on any atom is -0.493 e. The average molecular weight is 351 g/mol. The molecule has 0 bridgehead atoms. The molecule has 4 rings (SSSR count). The fourth-order valence-corrected chi connectivity index (χ4v) is 3.69. The predicted molar refractivity (Wildman–Crippen MR) is 96.7 cm³/mol. The van der Waals surface area contributed by atoms with Gasteiger partial charge in [-0.3, -0.25) is 0 Å². The standard InChI is InChI=1S/C19H17N3O2S/c23-9-1-4-16-6-8-19(25-16)17-13-22(21-20-17)12-14-5-7-18-15(11-14)3-2-10-24-18/h5-8,11,13,23H,2-3,9-10,12H2. The van der Waals surface area contributed by atoms with Crippen LogP contribution >= 0.6 is 11.3 Å². The number of aromatic nitrogens is 3. The van der Waals surface area contributed by atoms with Gasteiger partial charge in [0, 0.05) is 0 Å². The lowest BCUT2D eigenvalue weighted by Gasteiger charge is -2.17. The van der Waals surface area contributed by atoms with Crippen molar-refractivity contribution in [3.63, 3.8) is 0 Å². The second-order valence-electron chi connectivity index (χ2n) is 5.82. The van der Waals surface area contributed by atoms with E-state index in [0.717, 1.165) is 40.6 Å². The predicted octanol–water partition coefficient (Wildman–Crippen LogP) is 2.72. The van der Waals surface area contributed by atoms with Crippen LogP contribution in [-0.2, 0) is 13.0 Å². The van der Waals surface area contributed by atoms with Crippen molar-refractivity contribution in [3.8, 4) is 28.2 Å². The van der Waals surface area contributed by atoms with Crippen molar-refractivity contribution in [2.24, 2.45) is 0 Å². The summed E-state index contributed by atoms with van der Waals surface area (Å²) >= 11 is 1.55. The van der Waals surface area contributed by atoms with Gasteiger partial charge in [0.2, 0.25) is 0 Å². The molecule has 1 aliphatic rings. The number of benzene rings is 1. The average Bonchev–Trinajstić information content (AvgIpc) is 3.29. The van der Waals surface area contributed by atoms with E-state index in [0.29, 0.717) is 6.54 Å². The van der Waals surface area contributed by atoms with Gasteiger partial charge < -0.3 is 9.84 Å². The van der Waals surface area contributed by atoms with Gasteiger partial charge in [-0.05, 0) is 42.2 Å². The van der Waals surface area contributed by atoms with Gasteiger partial charge in [0.15, 0.2) is 0 Å². The van der Waals surface area contributed by atoms with Crippen LogP contribution in [0.1, 0.15) is 22.4 Å². The quantitative estimate of drug-likeness (QED) is 0.737. The van der Waals surface area contributed by atoms with Crippen LogP contribution in [0.5, 0.6) is 5.75 Å². The number of aryl methyl sites for hydroxylation is 1. The van der Waals surface area contributed by atoms with Gasteiger partial charge >= 0.3 is 0 Å². The number of aliphatic hydroxyl groups excluding tert-OH is 1. The Morgan fingerprint density at radius 1 is 1.28 bits per heavy atom. The zero-order chi connectivity index (χ0) is 17.1. The van der Waals surface area contributed by atoms with E-state index in [4.69, 9.17) is 9.84 Å². The highest BCUT2D eigenvalue weighted by molar-refractivity contribution is 7.16. The molecule has 0 fully saturated rings. The van der Waals surface area contributed by atoms with Crippen LogP contribution in [0.4, 0.5) is 0 Å². The monoisotopic (exact) mass is 351 g/mol. The third-order valence-electron chi connectivity index (χ3n) is 4.01. The molecule has 25 heavy (non-hydrogen) atoms. The molecular formula is C19H17N3O2S. The van der Waals surface area contributed by atoms with Crippen LogP contribution in [-0.4, -0.2) is 33.3 Å². The third kappa shape index (κ3) is 3.58. The Morgan fingerprint density at radius 3 is 3.16 bits per heavy atom.